The molecule has 2 aromatic heterocycles. The molecule has 1 saturated heterocycles. The number of carbonyl (C=O) groups is 1. The van der Waals surface area contributed by atoms with E-state index in [9.17, 15) is 4.79 Å². The Morgan fingerprint density at radius 3 is 2.95 bits per heavy atom. The SMILES string of the molecule is Cc1cnccc1NC(=O)c1cccn1C1CCNCC1. The standard InChI is InChI=1S/C16H20N4O/c1-12-11-18-9-6-14(12)19-16(21)15-3-2-10-20(15)13-4-7-17-8-5-13/h2-3,6,9-11,13,17H,4-5,7-8H2,1H3,(H,18,19,21). The molecule has 0 atom stereocenters. The lowest BCUT2D eigenvalue weighted by Gasteiger charge is -2.26. The molecule has 0 radical (unpaired) electrons. The fourth-order valence-electron chi connectivity index (χ4n) is 2.79. The summed E-state index contributed by atoms with van der Waals surface area (Å²) in [6, 6.07) is 6.05. The van der Waals surface area contributed by atoms with Crippen LogP contribution in [-0.4, -0.2) is 28.5 Å². The van der Waals surface area contributed by atoms with Crippen molar-refractivity contribution in [3.8, 4) is 0 Å². The van der Waals surface area contributed by atoms with Gasteiger partial charge in [0.2, 0.25) is 0 Å². The Morgan fingerprint density at radius 1 is 1.38 bits per heavy atom. The predicted octanol–water partition coefficient (Wildman–Crippen LogP) is 2.37. The molecule has 0 unspecified atom stereocenters. The second-order valence-corrected chi connectivity index (χ2v) is 5.43. The molecule has 2 N–H and O–H groups in total. The van der Waals surface area contributed by atoms with Crippen LogP contribution in [0.2, 0.25) is 0 Å². The summed E-state index contributed by atoms with van der Waals surface area (Å²) in [6.45, 7) is 3.95. The average molecular weight is 284 g/mol. The number of rotatable bonds is 3. The van der Waals surface area contributed by atoms with Gasteiger partial charge in [-0.1, -0.05) is 0 Å². The van der Waals surface area contributed by atoms with Crippen molar-refractivity contribution in [1.29, 1.82) is 0 Å². The number of nitrogens with zero attached hydrogens (tertiary/aromatic N) is 2. The van der Waals surface area contributed by atoms with Gasteiger partial charge in [0.15, 0.2) is 0 Å². The molecule has 21 heavy (non-hydrogen) atoms. The van der Waals surface area contributed by atoms with Gasteiger partial charge in [-0.15, -0.1) is 0 Å². The molecular weight excluding hydrogens is 264 g/mol. The van der Waals surface area contributed by atoms with Crippen LogP contribution in [0.1, 0.15) is 34.9 Å². The minimum Gasteiger partial charge on any atom is -0.340 e. The highest BCUT2D eigenvalue weighted by molar-refractivity contribution is 6.03. The Labute approximate surface area is 124 Å². The second-order valence-electron chi connectivity index (χ2n) is 5.43. The van der Waals surface area contributed by atoms with Crippen molar-refractivity contribution in [3.63, 3.8) is 0 Å². The molecule has 2 aromatic rings. The molecule has 5 heteroatoms. The van der Waals surface area contributed by atoms with Crippen LogP contribution in [0.25, 0.3) is 0 Å². The largest absolute Gasteiger partial charge is 0.340 e. The summed E-state index contributed by atoms with van der Waals surface area (Å²) < 4.78 is 2.10. The first-order chi connectivity index (χ1) is 10.3. The maximum Gasteiger partial charge on any atom is 0.272 e. The molecule has 1 fully saturated rings. The lowest BCUT2D eigenvalue weighted by atomic mass is 10.1. The van der Waals surface area contributed by atoms with E-state index in [2.05, 4.69) is 20.2 Å². The number of anilines is 1. The molecule has 3 rings (SSSR count). The van der Waals surface area contributed by atoms with Gasteiger partial charge in [-0.2, -0.15) is 0 Å². The summed E-state index contributed by atoms with van der Waals surface area (Å²) >= 11 is 0. The molecule has 0 saturated carbocycles. The maximum atomic E-state index is 12.5. The molecule has 0 aliphatic carbocycles. The number of hydrogen-bond acceptors (Lipinski definition) is 3. The van der Waals surface area contributed by atoms with Gasteiger partial charge in [-0.3, -0.25) is 9.78 Å². The van der Waals surface area contributed by atoms with Crippen molar-refractivity contribution in [2.45, 2.75) is 25.8 Å². The van der Waals surface area contributed by atoms with Gasteiger partial charge in [0, 0.05) is 30.3 Å². The number of hydrogen-bond donors (Lipinski definition) is 2. The lowest BCUT2D eigenvalue weighted by molar-refractivity contribution is 0.101. The minimum atomic E-state index is -0.0622. The topological polar surface area (TPSA) is 59.0 Å². The van der Waals surface area contributed by atoms with Crippen LogP contribution in [0.5, 0.6) is 0 Å². The number of carbonyl (C=O) groups excluding carboxylic acids is 1. The average Bonchev–Trinajstić information content (AvgIpc) is 3.00. The van der Waals surface area contributed by atoms with E-state index in [1.54, 1.807) is 12.4 Å². The van der Waals surface area contributed by atoms with Crippen molar-refractivity contribution in [3.05, 3.63) is 48.0 Å². The molecule has 1 aliphatic heterocycles. The summed E-state index contributed by atoms with van der Waals surface area (Å²) in [4.78, 5) is 16.6. The number of aromatic nitrogens is 2. The van der Waals surface area contributed by atoms with E-state index >= 15 is 0 Å². The van der Waals surface area contributed by atoms with E-state index in [1.165, 1.54) is 0 Å². The predicted molar refractivity (Wildman–Crippen MR) is 82.5 cm³/mol. The normalized spacial score (nSPS) is 15.9. The highest BCUT2D eigenvalue weighted by Gasteiger charge is 2.20. The first kappa shape index (κ1) is 13.8. The third-order valence-corrected chi connectivity index (χ3v) is 3.98. The van der Waals surface area contributed by atoms with E-state index in [4.69, 9.17) is 0 Å². The molecule has 5 nitrogen and oxygen atoms in total. The highest BCUT2D eigenvalue weighted by atomic mass is 16.1. The van der Waals surface area contributed by atoms with Gasteiger partial charge in [0.1, 0.15) is 5.69 Å². The Morgan fingerprint density at radius 2 is 2.19 bits per heavy atom. The lowest BCUT2D eigenvalue weighted by Crippen LogP contribution is -2.31. The molecule has 0 aromatic carbocycles. The third kappa shape index (κ3) is 2.97. The number of amides is 1. The van der Waals surface area contributed by atoms with Crippen LogP contribution in [-0.2, 0) is 0 Å². The summed E-state index contributed by atoms with van der Waals surface area (Å²) in [5.41, 5.74) is 2.50. The molecule has 0 bridgehead atoms. The summed E-state index contributed by atoms with van der Waals surface area (Å²) in [5, 5.41) is 6.33. The van der Waals surface area contributed by atoms with Gasteiger partial charge in [0.05, 0.1) is 0 Å². The molecule has 1 aliphatic rings. The Balaban J connectivity index is 1.79. The number of piperidine rings is 1. The van der Waals surface area contributed by atoms with E-state index in [-0.39, 0.29) is 5.91 Å². The van der Waals surface area contributed by atoms with Gasteiger partial charge < -0.3 is 15.2 Å². The van der Waals surface area contributed by atoms with Crippen LogP contribution in [0.3, 0.4) is 0 Å². The Hall–Kier alpha value is -2.14. The summed E-state index contributed by atoms with van der Waals surface area (Å²) in [5.74, 6) is -0.0622. The van der Waals surface area contributed by atoms with E-state index < -0.39 is 0 Å². The molecular formula is C16H20N4O. The van der Waals surface area contributed by atoms with E-state index in [1.807, 2.05) is 31.3 Å². The van der Waals surface area contributed by atoms with Crippen molar-refractivity contribution in [2.75, 3.05) is 18.4 Å². The van der Waals surface area contributed by atoms with Crippen molar-refractivity contribution < 1.29 is 4.79 Å². The molecule has 3 heterocycles. The Kier molecular flexibility index (Phi) is 4.01. The molecule has 110 valence electrons. The number of nitrogens with one attached hydrogen (secondary N) is 2. The van der Waals surface area contributed by atoms with E-state index in [0.717, 1.165) is 42.9 Å². The first-order valence-corrected chi connectivity index (χ1v) is 7.35. The third-order valence-electron chi connectivity index (χ3n) is 3.98. The quantitative estimate of drug-likeness (QED) is 0.909. The molecule has 1 amide bonds. The van der Waals surface area contributed by atoms with Gasteiger partial charge in [-0.05, 0) is 56.6 Å². The van der Waals surface area contributed by atoms with Crippen LogP contribution < -0.4 is 10.6 Å². The number of pyridine rings is 1. The van der Waals surface area contributed by atoms with Gasteiger partial charge in [0.25, 0.3) is 5.91 Å². The zero-order valence-corrected chi connectivity index (χ0v) is 12.2. The van der Waals surface area contributed by atoms with Crippen LogP contribution in [0.15, 0.2) is 36.8 Å². The highest BCUT2D eigenvalue weighted by Crippen LogP contribution is 2.22. The monoisotopic (exact) mass is 284 g/mol. The zero-order valence-electron chi connectivity index (χ0n) is 12.2. The number of aryl methyl sites for hydroxylation is 1. The van der Waals surface area contributed by atoms with Crippen LogP contribution in [0, 0.1) is 6.92 Å². The first-order valence-electron chi connectivity index (χ1n) is 7.35. The minimum absolute atomic E-state index is 0.0622. The van der Waals surface area contributed by atoms with Crippen molar-refractivity contribution in [1.82, 2.24) is 14.9 Å². The van der Waals surface area contributed by atoms with Crippen LogP contribution >= 0.6 is 0 Å². The van der Waals surface area contributed by atoms with Crippen molar-refractivity contribution in [2.24, 2.45) is 0 Å². The van der Waals surface area contributed by atoms with Crippen molar-refractivity contribution >= 4 is 11.6 Å². The maximum absolute atomic E-state index is 12.5. The second kappa shape index (κ2) is 6.10. The fourth-order valence-corrected chi connectivity index (χ4v) is 2.79. The Bertz CT molecular complexity index is 629. The summed E-state index contributed by atoms with van der Waals surface area (Å²) in [6.07, 6.45) is 7.56. The molecule has 0 spiro atoms. The van der Waals surface area contributed by atoms with E-state index in [0.29, 0.717) is 6.04 Å². The summed E-state index contributed by atoms with van der Waals surface area (Å²) in [7, 11) is 0. The van der Waals surface area contributed by atoms with Crippen LogP contribution in [0.4, 0.5) is 5.69 Å². The van der Waals surface area contributed by atoms with Gasteiger partial charge >= 0.3 is 0 Å². The zero-order chi connectivity index (χ0) is 14.7. The smallest absolute Gasteiger partial charge is 0.272 e. The van der Waals surface area contributed by atoms with Gasteiger partial charge in [-0.25, -0.2) is 0 Å². The fraction of sp³-hybridized carbons (Fsp3) is 0.375.